The minimum Gasteiger partial charge on any atom is -0.0836 e. The van der Waals surface area contributed by atoms with Gasteiger partial charge in [0, 0.05) is 19.4 Å². The van der Waals surface area contributed by atoms with Crippen LogP contribution in [0.1, 0.15) is 0 Å². The fourth-order valence-corrected chi connectivity index (χ4v) is 3.91. The van der Waals surface area contributed by atoms with Crippen LogP contribution in [0.25, 0.3) is 21.5 Å². The average molecular weight is 370 g/mol. The third-order valence-corrected chi connectivity index (χ3v) is 4.86. The smallest absolute Gasteiger partial charge is 0.0496 e. The summed E-state index contributed by atoms with van der Waals surface area (Å²) in [5.41, 5.74) is 0. The average Bonchev–Trinajstić information content (AvgIpc) is 2.36. The minimum absolute atomic E-state index is 0.765. The quantitative estimate of drug-likeness (QED) is 0.415. The first-order chi connectivity index (χ1) is 8.20. The van der Waals surface area contributed by atoms with E-state index in [1.54, 1.807) is 0 Å². The van der Waals surface area contributed by atoms with E-state index in [0.29, 0.717) is 0 Å². The van der Waals surface area contributed by atoms with E-state index in [-0.39, 0.29) is 0 Å². The molecule has 0 bridgehead atoms. The molecule has 0 aliphatic carbocycles. The van der Waals surface area contributed by atoms with E-state index < -0.39 is 0 Å². The second kappa shape index (κ2) is 4.27. The molecule has 0 spiro atoms. The number of rotatable bonds is 0. The fraction of sp³-hybridized carbons (Fsp3) is 0. The molecule has 0 heterocycles. The van der Waals surface area contributed by atoms with Crippen LogP contribution < -0.4 is 0 Å². The molecule has 0 nitrogen and oxygen atoms in total. The number of benzene rings is 3. The molecule has 0 saturated carbocycles. The first kappa shape index (κ1) is 11.5. The Kier molecular flexibility index (Phi) is 2.89. The highest BCUT2D eigenvalue weighted by Crippen LogP contribution is 2.41. The number of hydrogen-bond acceptors (Lipinski definition) is 0. The Balaban J connectivity index is 2.69. The molecule has 0 aromatic heterocycles. The van der Waals surface area contributed by atoms with Gasteiger partial charge in [0.2, 0.25) is 0 Å². The Hall–Kier alpha value is -0.570. The van der Waals surface area contributed by atoms with Crippen molar-refractivity contribution in [1.29, 1.82) is 0 Å². The molecule has 0 aliphatic heterocycles. The maximum atomic E-state index is 6.28. The zero-order valence-electron chi connectivity index (χ0n) is 8.68. The van der Waals surface area contributed by atoms with Crippen molar-refractivity contribution in [2.24, 2.45) is 0 Å². The maximum absolute atomic E-state index is 6.28. The van der Waals surface area contributed by atoms with Gasteiger partial charge in [0.15, 0.2) is 0 Å². The molecule has 0 unspecified atom stereocenters. The lowest BCUT2D eigenvalue weighted by Crippen LogP contribution is -1.83. The molecule has 0 saturated heterocycles. The van der Waals surface area contributed by atoms with Crippen LogP contribution in [-0.4, -0.2) is 0 Å². The van der Waals surface area contributed by atoms with E-state index in [0.717, 1.165) is 24.7 Å². The molecule has 0 aliphatic rings. The Morgan fingerprint density at radius 3 is 2.00 bits per heavy atom. The second-order valence-electron chi connectivity index (χ2n) is 3.84. The minimum atomic E-state index is 0.765. The van der Waals surface area contributed by atoms with Crippen LogP contribution in [-0.2, 0) is 0 Å². The fourth-order valence-electron chi connectivity index (χ4n) is 2.08. The van der Waals surface area contributed by atoms with Crippen LogP contribution in [0.4, 0.5) is 0 Å². The molecular weight excluding hydrogens is 363 g/mol. The molecule has 3 aromatic carbocycles. The van der Waals surface area contributed by atoms with E-state index >= 15 is 0 Å². The Labute approximate surface area is 121 Å². The van der Waals surface area contributed by atoms with Crippen LogP contribution in [0.15, 0.2) is 51.4 Å². The highest BCUT2D eigenvalue weighted by Gasteiger charge is 2.12. The summed E-state index contributed by atoms with van der Waals surface area (Å²) in [6.07, 6.45) is 0. The van der Waals surface area contributed by atoms with Crippen molar-refractivity contribution in [3.05, 3.63) is 56.4 Å². The summed E-state index contributed by atoms with van der Waals surface area (Å²) in [6, 6.07) is 14.2. The SMILES string of the molecule is Clc1cccc2c(Br)c3ccccc3c(Br)c12. The van der Waals surface area contributed by atoms with Crippen molar-refractivity contribution in [3.8, 4) is 0 Å². The molecule has 3 aromatic rings. The van der Waals surface area contributed by atoms with E-state index in [1.807, 2.05) is 24.3 Å². The first-order valence-electron chi connectivity index (χ1n) is 5.14. The maximum Gasteiger partial charge on any atom is 0.0496 e. The normalized spacial score (nSPS) is 11.2. The Morgan fingerprint density at radius 2 is 1.29 bits per heavy atom. The van der Waals surface area contributed by atoms with Crippen molar-refractivity contribution in [2.45, 2.75) is 0 Å². The third-order valence-electron chi connectivity index (χ3n) is 2.87. The van der Waals surface area contributed by atoms with Gasteiger partial charge < -0.3 is 0 Å². The predicted octanol–water partition coefficient (Wildman–Crippen LogP) is 6.17. The predicted molar refractivity (Wildman–Crippen MR) is 81.9 cm³/mol. The van der Waals surface area contributed by atoms with Crippen LogP contribution in [0, 0.1) is 0 Å². The van der Waals surface area contributed by atoms with Gasteiger partial charge in [-0.3, -0.25) is 0 Å². The molecule has 3 heteroatoms. The summed E-state index contributed by atoms with van der Waals surface area (Å²) < 4.78 is 2.14. The second-order valence-corrected chi connectivity index (χ2v) is 5.83. The highest BCUT2D eigenvalue weighted by molar-refractivity contribution is 9.11. The lowest BCUT2D eigenvalue weighted by Gasteiger charge is -2.10. The molecule has 0 amide bonds. The largest absolute Gasteiger partial charge is 0.0836 e. The van der Waals surface area contributed by atoms with Gasteiger partial charge in [0.25, 0.3) is 0 Å². The summed E-state index contributed by atoms with van der Waals surface area (Å²) >= 11 is 13.6. The number of halogens is 3. The highest BCUT2D eigenvalue weighted by atomic mass is 79.9. The lowest BCUT2D eigenvalue weighted by atomic mass is 10.0. The van der Waals surface area contributed by atoms with Gasteiger partial charge in [-0.15, -0.1) is 0 Å². The van der Waals surface area contributed by atoms with Gasteiger partial charge >= 0.3 is 0 Å². The van der Waals surface area contributed by atoms with Gasteiger partial charge in [-0.25, -0.2) is 0 Å². The number of fused-ring (bicyclic) bond motifs is 2. The molecule has 0 N–H and O–H groups in total. The van der Waals surface area contributed by atoms with E-state index in [1.165, 1.54) is 10.8 Å². The Bertz CT molecular complexity index is 735. The van der Waals surface area contributed by atoms with Gasteiger partial charge in [-0.1, -0.05) is 48.0 Å². The van der Waals surface area contributed by atoms with Crippen LogP contribution in [0.3, 0.4) is 0 Å². The molecule has 84 valence electrons. The third kappa shape index (κ3) is 1.70. The zero-order chi connectivity index (χ0) is 12.0. The Morgan fingerprint density at radius 1 is 0.706 bits per heavy atom. The molecule has 0 fully saturated rings. The first-order valence-corrected chi connectivity index (χ1v) is 7.10. The molecular formula is C14H7Br2Cl. The van der Waals surface area contributed by atoms with Crippen LogP contribution in [0.5, 0.6) is 0 Å². The number of hydrogen-bond donors (Lipinski definition) is 0. The van der Waals surface area contributed by atoms with Crippen molar-refractivity contribution in [3.63, 3.8) is 0 Å². The zero-order valence-corrected chi connectivity index (χ0v) is 12.6. The van der Waals surface area contributed by atoms with E-state index in [4.69, 9.17) is 11.6 Å². The van der Waals surface area contributed by atoms with Gasteiger partial charge in [-0.05, 0) is 54.1 Å². The van der Waals surface area contributed by atoms with Crippen LogP contribution in [0.2, 0.25) is 5.02 Å². The summed E-state index contributed by atoms with van der Waals surface area (Å²) in [7, 11) is 0. The van der Waals surface area contributed by atoms with Crippen molar-refractivity contribution >= 4 is 65.0 Å². The van der Waals surface area contributed by atoms with Crippen LogP contribution >= 0.6 is 43.5 Å². The van der Waals surface area contributed by atoms with Gasteiger partial charge in [0.1, 0.15) is 0 Å². The van der Waals surface area contributed by atoms with Gasteiger partial charge in [0.05, 0.1) is 0 Å². The summed E-state index contributed by atoms with van der Waals surface area (Å²) in [6.45, 7) is 0. The molecule has 17 heavy (non-hydrogen) atoms. The van der Waals surface area contributed by atoms with Crippen molar-refractivity contribution in [1.82, 2.24) is 0 Å². The summed E-state index contributed by atoms with van der Waals surface area (Å²) in [4.78, 5) is 0. The van der Waals surface area contributed by atoms with Crippen molar-refractivity contribution < 1.29 is 0 Å². The standard InChI is InChI=1S/C14H7Br2Cl/c15-13-8-4-1-2-5-9(8)14(16)12-10(13)6-3-7-11(12)17/h1-7H. The molecule has 3 rings (SSSR count). The topological polar surface area (TPSA) is 0 Å². The van der Waals surface area contributed by atoms with Crippen molar-refractivity contribution in [2.75, 3.05) is 0 Å². The monoisotopic (exact) mass is 368 g/mol. The molecule has 0 radical (unpaired) electrons. The van der Waals surface area contributed by atoms with E-state index in [9.17, 15) is 0 Å². The lowest BCUT2D eigenvalue weighted by molar-refractivity contribution is 1.71. The molecule has 0 atom stereocenters. The van der Waals surface area contributed by atoms with Gasteiger partial charge in [-0.2, -0.15) is 0 Å². The summed E-state index contributed by atoms with van der Waals surface area (Å²) in [5.74, 6) is 0. The van der Waals surface area contributed by atoms with E-state index in [2.05, 4.69) is 50.1 Å². The summed E-state index contributed by atoms with van der Waals surface area (Å²) in [5, 5.41) is 5.30.